The number of anilines is 3. The van der Waals surface area contributed by atoms with Crippen LogP contribution in [-0.4, -0.2) is 19.1 Å². The fourth-order valence-electron chi connectivity index (χ4n) is 8.31. The van der Waals surface area contributed by atoms with Crippen molar-refractivity contribution in [1.82, 2.24) is 4.57 Å². The molecule has 11 aromatic rings. The fraction of sp³-hybridized carbons (Fsp3) is 0. The van der Waals surface area contributed by atoms with Crippen LogP contribution in [0.3, 0.4) is 0 Å². The predicted octanol–water partition coefficient (Wildman–Crippen LogP) is 13.6. The van der Waals surface area contributed by atoms with Crippen LogP contribution in [0.5, 0.6) is 0 Å². The molecule has 53 heavy (non-hydrogen) atoms. The fourth-order valence-corrected chi connectivity index (χ4v) is 10.6. The van der Waals surface area contributed by atoms with Gasteiger partial charge in [-0.1, -0.05) is 36.4 Å². The van der Waals surface area contributed by atoms with Crippen molar-refractivity contribution in [3.05, 3.63) is 194 Å². The summed E-state index contributed by atoms with van der Waals surface area (Å²) in [4.78, 5) is 2.46. The minimum absolute atomic E-state index is 0.321. The molecule has 0 N–H and O–H groups in total. The molecule has 0 aliphatic rings. The quantitative estimate of drug-likeness (QED) is 0.126. The maximum atomic E-state index is 2.46. The van der Waals surface area contributed by atoms with Crippen molar-refractivity contribution in [3.8, 4) is 16.8 Å². The van der Waals surface area contributed by atoms with Crippen molar-refractivity contribution in [2.45, 2.75) is 0 Å². The summed E-state index contributed by atoms with van der Waals surface area (Å²) >= 11 is 0.321. The van der Waals surface area contributed by atoms with E-state index in [-0.39, 0.29) is 0 Å². The van der Waals surface area contributed by atoms with Gasteiger partial charge >= 0.3 is 233 Å². The van der Waals surface area contributed by atoms with E-state index >= 15 is 0 Å². The normalized spacial score (nSPS) is 11.8. The van der Waals surface area contributed by atoms with E-state index in [9.17, 15) is 0 Å². The number of hydrogen-bond acceptors (Lipinski definition) is 1. The van der Waals surface area contributed by atoms with Gasteiger partial charge in [0.15, 0.2) is 0 Å². The van der Waals surface area contributed by atoms with E-state index in [0.29, 0.717) is 14.5 Å². The first-order chi connectivity index (χ1) is 26.3. The first-order valence-corrected chi connectivity index (χ1v) is 19.8. The summed E-state index contributed by atoms with van der Waals surface area (Å²) in [5, 5.41) is 10.3. The van der Waals surface area contributed by atoms with E-state index in [1.807, 2.05) is 0 Å². The first-order valence-electron chi connectivity index (χ1n) is 18.1. The van der Waals surface area contributed by atoms with Gasteiger partial charge in [0.2, 0.25) is 0 Å². The monoisotopic (exact) mass is 740 g/mol. The zero-order valence-corrected chi connectivity index (χ0v) is 30.5. The van der Waals surface area contributed by atoms with Crippen molar-refractivity contribution in [1.29, 1.82) is 0 Å². The Morgan fingerprint density at radius 2 is 0.981 bits per heavy atom. The average Bonchev–Trinajstić information content (AvgIpc) is 3.77. The molecule has 2 nitrogen and oxygen atoms in total. The second kappa shape index (κ2) is 12.1. The van der Waals surface area contributed by atoms with Gasteiger partial charge in [-0.05, 0) is 18.2 Å². The number of nitrogens with zero attached hydrogens (tertiary/aromatic N) is 2. The van der Waals surface area contributed by atoms with Crippen LogP contribution in [0, 0.1) is 0 Å². The summed E-state index contributed by atoms with van der Waals surface area (Å²) in [6.45, 7) is 0. The number of para-hydroxylation sites is 2. The van der Waals surface area contributed by atoms with Crippen molar-refractivity contribution in [3.63, 3.8) is 0 Å². The number of benzene rings is 9. The summed E-state index contributed by atoms with van der Waals surface area (Å²) in [6.07, 6.45) is 0. The molecule has 0 fully saturated rings. The molecule has 0 saturated heterocycles. The van der Waals surface area contributed by atoms with Gasteiger partial charge < -0.3 is 4.57 Å². The average molecular weight is 740 g/mol. The smallest absolute Gasteiger partial charge is 0.0602 e. The molecule has 0 spiro atoms. The van der Waals surface area contributed by atoms with Gasteiger partial charge in [0.05, 0.1) is 11.0 Å². The molecule has 0 aliphatic heterocycles. The molecule has 9 aromatic carbocycles. The zero-order chi connectivity index (χ0) is 34.9. The van der Waals surface area contributed by atoms with Gasteiger partial charge in [-0.15, -0.1) is 0 Å². The number of fused-ring (bicyclic) bond motifs is 9. The number of rotatable bonds is 5. The Balaban J connectivity index is 1.09. The second-order valence-corrected chi connectivity index (χ2v) is 16.0. The molecule has 0 saturated carbocycles. The molecule has 0 bridgehead atoms. The van der Waals surface area contributed by atoms with Crippen molar-refractivity contribution in [2.24, 2.45) is 0 Å². The van der Waals surface area contributed by atoms with Crippen LogP contribution < -0.4 is 4.90 Å². The van der Waals surface area contributed by atoms with Crippen molar-refractivity contribution >= 4 is 94.2 Å². The van der Waals surface area contributed by atoms with Gasteiger partial charge in [-0.3, -0.25) is 0 Å². The van der Waals surface area contributed by atoms with Crippen LogP contribution in [0.15, 0.2) is 194 Å². The molecule has 0 aliphatic carbocycles. The van der Waals surface area contributed by atoms with Crippen LogP contribution in [0.4, 0.5) is 17.1 Å². The third-order valence-electron chi connectivity index (χ3n) is 10.8. The van der Waals surface area contributed by atoms with E-state index in [1.165, 1.54) is 90.8 Å². The molecule has 0 atom stereocenters. The van der Waals surface area contributed by atoms with Crippen molar-refractivity contribution < 1.29 is 0 Å². The summed E-state index contributed by atoms with van der Waals surface area (Å²) < 4.78 is 5.28. The standard InChI is InChI=1S/C50H32N2Se/c1-2-13-36(14-3-1)52-46-20-10-8-18-42(46)44-30-34(24-28-47(44)52)33-22-25-37(26-23-33)51(38-27-29-50-45(32-38)43-19-9-11-21-49(43)53-50)48-31-35-12-4-5-15-39(35)40-16-6-7-17-41(40)48/h1-32H. The summed E-state index contributed by atoms with van der Waals surface area (Å²) in [6, 6.07) is 71.4. The summed E-state index contributed by atoms with van der Waals surface area (Å²) in [5.74, 6) is 0. The Morgan fingerprint density at radius 3 is 1.83 bits per heavy atom. The van der Waals surface area contributed by atoms with E-state index in [4.69, 9.17) is 0 Å². The van der Waals surface area contributed by atoms with Gasteiger partial charge in [-0.2, -0.15) is 0 Å². The van der Waals surface area contributed by atoms with E-state index < -0.39 is 0 Å². The Hall–Kier alpha value is -6.38. The zero-order valence-electron chi connectivity index (χ0n) is 28.8. The number of hydrogen-bond donors (Lipinski definition) is 0. The molecule has 3 heteroatoms. The molecule has 11 rings (SSSR count). The molecule has 2 heterocycles. The minimum atomic E-state index is 0.321. The van der Waals surface area contributed by atoms with E-state index in [1.54, 1.807) is 0 Å². The topological polar surface area (TPSA) is 8.17 Å². The Kier molecular flexibility index (Phi) is 6.91. The predicted molar refractivity (Wildman–Crippen MR) is 228 cm³/mol. The molecule has 0 radical (unpaired) electrons. The van der Waals surface area contributed by atoms with Crippen LogP contribution in [-0.2, 0) is 0 Å². The molecule has 0 unspecified atom stereocenters. The third-order valence-corrected chi connectivity index (χ3v) is 13.2. The maximum absolute atomic E-state index is 2.46. The van der Waals surface area contributed by atoms with Crippen molar-refractivity contribution in [2.75, 3.05) is 4.90 Å². The van der Waals surface area contributed by atoms with Gasteiger partial charge in [0.1, 0.15) is 0 Å². The van der Waals surface area contributed by atoms with Crippen LogP contribution in [0.2, 0.25) is 0 Å². The first kappa shape index (κ1) is 30.3. The van der Waals surface area contributed by atoms with E-state index in [2.05, 4.69) is 204 Å². The van der Waals surface area contributed by atoms with Gasteiger partial charge in [0, 0.05) is 11.1 Å². The third kappa shape index (κ3) is 4.86. The Bertz CT molecular complexity index is 3170. The SMILES string of the molecule is c1ccc(-n2c3ccccc3c3cc(-c4ccc(N(c5ccc6[se]c7ccccc7c6c5)c5cc6ccccc6c6ccccc56)cc4)ccc32)cc1. The number of aromatic nitrogens is 1. The Morgan fingerprint density at radius 1 is 0.358 bits per heavy atom. The van der Waals surface area contributed by atoms with Crippen LogP contribution >= 0.6 is 0 Å². The Labute approximate surface area is 313 Å². The molecule has 0 amide bonds. The summed E-state index contributed by atoms with van der Waals surface area (Å²) in [7, 11) is 0. The molecular weight excluding hydrogens is 708 g/mol. The van der Waals surface area contributed by atoms with Gasteiger partial charge in [0.25, 0.3) is 0 Å². The van der Waals surface area contributed by atoms with Gasteiger partial charge in [-0.25, -0.2) is 0 Å². The van der Waals surface area contributed by atoms with E-state index in [0.717, 1.165) is 5.69 Å². The van der Waals surface area contributed by atoms with Crippen LogP contribution in [0.25, 0.3) is 79.5 Å². The molecule has 248 valence electrons. The second-order valence-electron chi connectivity index (χ2n) is 13.7. The summed E-state index contributed by atoms with van der Waals surface area (Å²) in [5.41, 5.74) is 9.49. The van der Waals surface area contributed by atoms with Crippen LogP contribution in [0.1, 0.15) is 0 Å². The molecular formula is C50H32N2Se. The minimum Gasteiger partial charge on any atom is -0.0602 e. The molecule has 2 aromatic heterocycles.